The number of aliphatic hydroxyl groups is 1. The summed E-state index contributed by atoms with van der Waals surface area (Å²) in [5.41, 5.74) is 1.86. The summed E-state index contributed by atoms with van der Waals surface area (Å²) in [5.74, 6) is -1.82. The molecule has 3 aromatic carbocycles. The molecular formula is C38H46N4O6. The second-order valence-electron chi connectivity index (χ2n) is 13.7. The van der Waals surface area contributed by atoms with Crippen molar-refractivity contribution in [2.45, 2.75) is 88.7 Å². The second kappa shape index (κ2) is 15.5. The third-order valence-electron chi connectivity index (χ3n) is 9.04. The van der Waals surface area contributed by atoms with E-state index in [-0.39, 0.29) is 25.0 Å². The summed E-state index contributed by atoms with van der Waals surface area (Å²) < 4.78 is 5.43. The van der Waals surface area contributed by atoms with Crippen LogP contribution in [-0.2, 0) is 25.5 Å². The predicted molar refractivity (Wildman–Crippen MR) is 182 cm³/mol. The molecule has 2 heterocycles. The van der Waals surface area contributed by atoms with E-state index in [4.69, 9.17) is 4.74 Å². The molecular weight excluding hydrogens is 608 g/mol. The average molecular weight is 655 g/mol. The van der Waals surface area contributed by atoms with Crippen LogP contribution in [0.15, 0.2) is 91.0 Å². The number of benzene rings is 3. The lowest BCUT2D eigenvalue weighted by Crippen LogP contribution is -2.59. The van der Waals surface area contributed by atoms with Gasteiger partial charge in [-0.15, -0.1) is 0 Å². The van der Waals surface area contributed by atoms with Gasteiger partial charge in [-0.3, -0.25) is 14.4 Å². The number of rotatable bonds is 10. The molecule has 48 heavy (non-hydrogen) atoms. The van der Waals surface area contributed by atoms with Crippen molar-refractivity contribution in [3.05, 3.63) is 108 Å². The van der Waals surface area contributed by atoms with E-state index in [1.807, 2.05) is 91.0 Å². The van der Waals surface area contributed by atoms with Gasteiger partial charge in [0.05, 0.1) is 6.04 Å². The zero-order chi connectivity index (χ0) is 34.3. The first-order valence-corrected chi connectivity index (χ1v) is 16.7. The monoisotopic (exact) mass is 654 g/mol. The Labute approximate surface area is 282 Å². The van der Waals surface area contributed by atoms with Crippen molar-refractivity contribution in [1.82, 2.24) is 20.9 Å². The van der Waals surface area contributed by atoms with E-state index in [2.05, 4.69) is 16.0 Å². The van der Waals surface area contributed by atoms with Crippen LogP contribution in [0.3, 0.4) is 0 Å². The number of alkyl carbamates (subject to hydrolysis) is 1. The Balaban J connectivity index is 1.37. The molecule has 0 spiro atoms. The highest BCUT2D eigenvalue weighted by atomic mass is 16.6. The molecule has 5 rings (SSSR count). The number of amides is 4. The van der Waals surface area contributed by atoms with E-state index in [0.29, 0.717) is 25.7 Å². The minimum Gasteiger partial charge on any atom is -0.444 e. The highest BCUT2D eigenvalue weighted by molar-refractivity contribution is 5.95. The Bertz CT molecular complexity index is 1510. The molecule has 2 fully saturated rings. The average Bonchev–Trinajstić information content (AvgIpc) is 3.45. The number of hydrogen-bond donors (Lipinski definition) is 4. The molecule has 10 nitrogen and oxygen atoms in total. The molecule has 2 saturated heterocycles. The molecule has 10 heteroatoms. The van der Waals surface area contributed by atoms with E-state index in [1.165, 1.54) is 0 Å². The molecule has 3 aromatic rings. The Morgan fingerprint density at radius 1 is 0.833 bits per heavy atom. The van der Waals surface area contributed by atoms with Crippen LogP contribution in [-0.4, -0.2) is 70.2 Å². The third-order valence-corrected chi connectivity index (χ3v) is 9.04. The Morgan fingerprint density at radius 3 is 1.96 bits per heavy atom. The van der Waals surface area contributed by atoms with Crippen molar-refractivity contribution >= 4 is 23.8 Å². The summed E-state index contributed by atoms with van der Waals surface area (Å²) in [6.45, 7) is 4.88. The fourth-order valence-corrected chi connectivity index (χ4v) is 6.72. The molecule has 2 aliphatic rings. The molecule has 254 valence electrons. The normalized spacial score (nSPS) is 21.5. The van der Waals surface area contributed by atoms with E-state index < -0.39 is 53.6 Å². The van der Waals surface area contributed by atoms with Crippen LogP contribution >= 0.6 is 0 Å². The number of fused-ring (bicyclic) bond motifs is 1. The summed E-state index contributed by atoms with van der Waals surface area (Å²) in [7, 11) is 0. The Kier molecular flexibility index (Phi) is 11.2. The number of carbonyl (C=O) groups excluding carboxylic acids is 4. The van der Waals surface area contributed by atoms with Crippen molar-refractivity contribution < 1.29 is 29.0 Å². The fourth-order valence-electron chi connectivity index (χ4n) is 6.72. The first-order chi connectivity index (χ1) is 23.0. The summed E-state index contributed by atoms with van der Waals surface area (Å²) >= 11 is 0. The number of carbonyl (C=O) groups is 4. The van der Waals surface area contributed by atoms with Crippen molar-refractivity contribution in [3.63, 3.8) is 0 Å². The zero-order valence-corrected chi connectivity index (χ0v) is 27.8. The third kappa shape index (κ3) is 8.60. The van der Waals surface area contributed by atoms with Crippen LogP contribution in [0.2, 0.25) is 0 Å². The summed E-state index contributed by atoms with van der Waals surface area (Å²) in [4.78, 5) is 56.7. The van der Waals surface area contributed by atoms with Gasteiger partial charge in [0, 0.05) is 25.0 Å². The number of ether oxygens (including phenoxy) is 1. The molecule has 0 bridgehead atoms. The molecule has 2 aliphatic heterocycles. The van der Waals surface area contributed by atoms with Gasteiger partial charge in [-0.05, 0) is 63.1 Å². The van der Waals surface area contributed by atoms with Crippen molar-refractivity contribution in [2.24, 2.45) is 5.92 Å². The number of aliphatic hydroxyl groups excluding tert-OH is 1. The largest absolute Gasteiger partial charge is 0.444 e. The van der Waals surface area contributed by atoms with Gasteiger partial charge < -0.3 is 30.7 Å². The molecule has 0 saturated carbocycles. The standard InChI is InChI=1S/C38H46N4O6/c1-38(2,3)48-37(47)39-30(23-25-13-7-4-8-14-25)34(44)41-33-28(24-43)19-20-29-21-22-31(42(29)36(33)46)35(45)40-32(26-15-9-5-10-16-26)27-17-11-6-12-18-27/h4-18,28-33,43H,19-24H2,1-3H3,(H,39,47)(H,40,45)(H,41,44)/t28-,29+,30-,31+,33+/m1/s1. The highest BCUT2D eigenvalue weighted by Gasteiger charge is 2.48. The maximum atomic E-state index is 14.4. The quantitative estimate of drug-likeness (QED) is 0.258. The van der Waals surface area contributed by atoms with Crippen molar-refractivity contribution in [3.8, 4) is 0 Å². The van der Waals surface area contributed by atoms with Crippen molar-refractivity contribution in [1.29, 1.82) is 0 Å². The second-order valence-corrected chi connectivity index (χ2v) is 13.7. The summed E-state index contributed by atoms with van der Waals surface area (Å²) in [6, 6.07) is 25.1. The van der Waals surface area contributed by atoms with Gasteiger partial charge >= 0.3 is 6.09 Å². The lowest BCUT2D eigenvalue weighted by atomic mass is 9.93. The van der Waals surface area contributed by atoms with Crippen molar-refractivity contribution in [2.75, 3.05) is 6.61 Å². The number of nitrogens with one attached hydrogen (secondary N) is 3. The van der Waals surface area contributed by atoms with Gasteiger partial charge in [0.25, 0.3) is 0 Å². The van der Waals surface area contributed by atoms with Gasteiger partial charge in [0.2, 0.25) is 17.7 Å². The Hall–Kier alpha value is -4.70. The van der Waals surface area contributed by atoms with E-state index in [1.54, 1.807) is 25.7 Å². The lowest BCUT2D eigenvalue weighted by molar-refractivity contribution is -0.144. The van der Waals surface area contributed by atoms with Gasteiger partial charge in [0.15, 0.2) is 0 Å². The van der Waals surface area contributed by atoms with Gasteiger partial charge in [-0.2, -0.15) is 0 Å². The zero-order valence-electron chi connectivity index (χ0n) is 27.8. The molecule has 4 N–H and O–H groups in total. The maximum absolute atomic E-state index is 14.4. The summed E-state index contributed by atoms with van der Waals surface area (Å²) in [6.07, 6.45) is 1.61. The minimum absolute atomic E-state index is 0.161. The SMILES string of the molecule is CC(C)(C)OC(=O)N[C@H](Cc1ccccc1)C(=O)N[C@@H]1C(=O)N2[C@@H](CC[C@@H]1CO)CC[C@H]2C(=O)NC(c1ccccc1)c1ccccc1. The van der Waals surface area contributed by atoms with E-state index >= 15 is 0 Å². The number of hydrogen-bond acceptors (Lipinski definition) is 6. The first kappa shape index (κ1) is 34.6. The van der Waals surface area contributed by atoms with Crippen LogP contribution in [0, 0.1) is 5.92 Å². The van der Waals surface area contributed by atoms with E-state index in [0.717, 1.165) is 16.7 Å². The van der Waals surface area contributed by atoms with Crippen LogP contribution in [0.4, 0.5) is 4.79 Å². The molecule has 0 aliphatic carbocycles. The molecule has 4 amide bonds. The lowest BCUT2D eigenvalue weighted by Gasteiger charge is -2.33. The van der Waals surface area contributed by atoms with Gasteiger partial charge in [0.1, 0.15) is 23.7 Å². The molecule has 0 unspecified atom stereocenters. The number of nitrogens with zero attached hydrogens (tertiary/aromatic N) is 1. The molecule has 5 atom stereocenters. The van der Waals surface area contributed by atoms with Crippen LogP contribution < -0.4 is 16.0 Å². The molecule has 0 radical (unpaired) electrons. The highest BCUT2D eigenvalue weighted by Crippen LogP contribution is 2.35. The first-order valence-electron chi connectivity index (χ1n) is 16.7. The topological polar surface area (TPSA) is 137 Å². The van der Waals surface area contributed by atoms with Crippen LogP contribution in [0.25, 0.3) is 0 Å². The maximum Gasteiger partial charge on any atom is 0.408 e. The molecule has 0 aromatic heterocycles. The van der Waals surface area contributed by atoms with E-state index in [9.17, 15) is 24.3 Å². The Morgan fingerprint density at radius 2 is 1.40 bits per heavy atom. The summed E-state index contributed by atoms with van der Waals surface area (Å²) in [5, 5.41) is 19.1. The fraction of sp³-hybridized carbons (Fsp3) is 0.421. The smallest absolute Gasteiger partial charge is 0.408 e. The van der Waals surface area contributed by atoms with Gasteiger partial charge in [-0.25, -0.2) is 4.79 Å². The van der Waals surface area contributed by atoms with Crippen LogP contribution in [0.5, 0.6) is 0 Å². The van der Waals surface area contributed by atoms with Crippen LogP contribution in [0.1, 0.15) is 69.2 Å². The predicted octanol–water partition coefficient (Wildman–Crippen LogP) is 4.27. The minimum atomic E-state index is -1.08. The van der Waals surface area contributed by atoms with Gasteiger partial charge in [-0.1, -0.05) is 91.0 Å².